The van der Waals surface area contributed by atoms with Crippen LogP contribution in [0.15, 0.2) is 0 Å². The van der Waals surface area contributed by atoms with Gasteiger partial charge in [-0.1, -0.05) is 40.5 Å². The Bertz CT molecular complexity index is 2020. The number of hydrogen-bond donors (Lipinski definition) is 5. The van der Waals surface area contributed by atoms with Crippen molar-refractivity contribution in [1.82, 2.24) is 4.73 Å². The second-order valence-electron chi connectivity index (χ2n) is 22.7. The Morgan fingerprint density at radius 2 is 1.36 bits per heavy atom. The Morgan fingerprint density at radius 1 is 0.788 bits per heavy atom. The molecule has 66 heavy (non-hydrogen) atoms. The second kappa shape index (κ2) is 18.6. The first-order valence-corrected chi connectivity index (χ1v) is 25.2. The first kappa shape index (κ1) is 48.6. The lowest BCUT2D eigenvalue weighted by molar-refractivity contribution is -0.198. The maximum Gasteiger partial charge on any atom is 0.317 e. The molecule has 1 aliphatic heterocycles. The van der Waals surface area contributed by atoms with E-state index in [-0.39, 0.29) is 79.7 Å². The van der Waals surface area contributed by atoms with Crippen LogP contribution in [0.5, 0.6) is 11.8 Å². The van der Waals surface area contributed by atoms with Gasteiger partial charge in [0, 0.05) is 16.5 Å². The summed E-state index contributed by atoms with van der Waals surface area (Å²) in [4.78, 5) is 73.1. The molecular formula is C51H75NO14. The zero-order valence-corrected chi connectivity index (χ0v) is 40.0. The quantitative estimate of drug-likeness (QED) is 0.0375. The number of cyclic esters (lactones) is 2. The third-order valence-corrected chi connectivity index (χ3v) is 18.4. The van der Waals surface area contributed by atoms with Crippen molar-refractivity contribution in [1.29, 1.82) is 0 Å². The molecule has 1 aromatic heterocycles. The van der Waals surface area contributed by atoms with Gasteiger partial charge >= 0.3 is 29.8 Å². The van der Waals surface area contributed by atoms with Gasteiger partial charge in [-0.05, 0) is 156 Å². The minimum absolute atomic E-state index is 0.0719. The van der Waals surface area contributed by atoms with Gasteiger partial charge in [-0.25, -0.2) is 0 Å². The van der Waals surface area contributed by atoms with Gasteiger partial charge in [0.25, 0.3) is 0 Å². The van der Waals surface area contributed by atoms with E-state index >= 15 is 0 Å². The number of aromatic hydroxyl groups is 2. The summed E-state index contributed by atoms with van der Waals surface area (Å²) in [6, 6.07) is 0. The molecule has 15 nitrogen and oxygen atoms in total. The summed E-state index contributed by atoms with van der Waals surface area (Å²) in [6.45, 7) is 12.7. The molecule has 5 N–H and O–H groups in total. The van der Waals surface area contributed by atoms with Crippen molar-refractivity contribution in [3.8, 4) is 11.8 Å². The molecule has 2 heterocycles. The minimum atomic E-state index is -1.14. The normalized spacial score (nSPS) is 37.3. The molecule has 17 unspecified atom stereocenters. The van der Waals surface area contributed by atoms with Crippen molar-refractivity contribution in [3.05, 3.63) is 11.1 Å². The van der Waals surface area contributed by atoms with Crippen LogP contribution in [0.3, 0.4) is 0 Å². The standard InChI is InChI=1S/C51H75NO14/c1-8-10-18-63-45(57)25(4)34(47(59)64-19-11-9-2)40-32-17-13-27(21-51(32,22-53)23-54)36(40)41-42(49(61)65-48(41)60)37-29-14-12-26(20-31(29)46(58)66-50(5,6)7)35(37)33-24(3)28-15-16-30(33)39-38(28)43(55)52(62)44(39)56/h24-37,40-42,53-56,62H,8-23H2,1-7H3. The van der Waals surface area contributed by atoms with Gasteiger partial charge in [0.1, 0.15) is 5.60 Å². The minimum Gasteiger partial charge on any atom is -0.492 e. The lowest BCUT2D eigenvalue weighted by atomic mass is 9.40. The summed E-state index contributed by atoms with van der Waals surface area (Å²) < 4.78 is 24.1. The van der Waals surface area contributed by atoms with E-state index in [1.165, 1.54) is 0 Å². The molecule has 0 aromatic carbocycles. The molecule has 0 amide bonds. The molecule has 17 atom stereocenters. The van der Waals surface area contributed by atoms with Crippen molar-refractivity contribution in [2.45, 2.75) is 143 Å². The molecule has 11 rings (SSSR count). The van der Waals surface area contributed by atoms with Crippen LogP contribution in [0.2, 0.25) is 0 Å². The number of rotatable bonds is 16. The number of nitrogens with zero attached hydrogens (tertiary/aromatic N) is 1. The molecule has 1 aromatic rings. The largest absolute Gasteiger partial charge is 0.492 e. The molecule has 15 heteroatoms. The molecule has 0 radical (unpaired) electrons. The number of unbranched alkanes of at least 4 members (excludes halogenated alkanes) is 2. The van der Waals surface area contributed by atoms with E-state index in [1.54, 1.807) is 6.92 Å². The third-order valence-electron chi connectivity index (χ3n) is 18.4. The molecule has 6 bridgehead atoms. The summed E-state index contributed by atoms with van der Waals surface area (Å²) in [7, 11) is 0. The van der Waals surface area contributed by atoms with Crippen LogP contribution < -0.4 is 0 Å². The van der Waals surface area contributed by atoms with Crippen LogP contribution in [0, 0.1) is 94.2 Å². The topological polar surface area (TPSA) is 228 Å². The molecule has 10 aliphatic rings. The summed E-state index contributed by atoms with van der Waals surface area (Å²) in [5, 5.41) is 55.6. The van der Waals surface area contributed by atoms with E-state index in [4.69, 9.17) is 18.9 Å². The average Bonchev–Trinajstić information content (AvgIpc) is 3.71. The van der Waals surface area contributed by atoms with Crippen molar-refractivity contribution in [3.63, 3.8) is 0 Å². The number of esters is 5. The van der Waals surface area contributed by atoms with E-state index in [9.17, 15) is 49.6 Å². The molecular weight excluding hydrogens is 851 g/mol. The van der Waals surface area contributed by atoms with Crippen LogP contribution in [-0.2, 0) is 42.9 Å². The number of aliphatic hydroxyl groups excluding tert-OH is 2. The number of carbonyl (C=O) groups excluding carboxylic acids is 5. The predicted molar refractivity (Wildman–Crippen MR) is 236 cm³/mol. The van der Waals surface area contributed by atoms with Gasteiger partial charge in [0.05, 0.1) is 56.0 Å². The van der Waals surface area contributed by atoms with Gasteiger partial charge in [-0.3, -0.25) is 24.0 Å². The Kier molecular flexibility index (Phi) is 13.7. The lowest BCUT2D eigenvalue weighted by Crippen LogP contribution is -2.62. The SMILES string of the molecule is CCCCOC(=O)C(C)C(C(=O)OCCCC)C1C(C2C(=O)OC(=O)C2C2C3CCC(CC3C(=O)OC(C)(C)C)C2C2C3CCC(c4c3c(O)n(O)c4O)C2C)C2CCC1C(CO)(CO)C2. The van der Waals surface area contributed by atoms with Gasteiger partial charge in [0.2, 0.25) is 11.8 Å². The number of hydrogen-bond acceptors (Lipinski definition) is 14. The molecule has 9 aliphatic carbocycles. The van der Waals surface area contributed by atoms with Crippen LogP contribution in [0.25, 0.3) is 0 Å². The third kappa shape index (κ3) is 7.91. The monoisotopic (exact) mass is 926 g/mol. The predicted octanol–water partition coefficient (Wildman–Crippen LogP) is 6.87. The average molecular weight is 926 g/mol. The highest BCUT2D eigenvalue weighted by molar-refractivity contribution is 5.97. The van der Waals surface area contributed by atoms with Crippen LogP contribution in [0.4, 0.5) is 0 Å². The lowest BCUT2D eigenvalue weighted by Gasteiger charge is -2.63. The number of ether oxygens (including phenoxy) is 4. The molecule has 1 saturated heterocycles. The fourth-order valence-electron chi connectivity index (χ4n) is 15.9. The van der Waals surface area contributed by atoms with Crippen LogP contribution in [-0.4, -0.2) is 92.2 Å². The number of aromatic nitrogens is 1. The smallest absolute Gasteiger partial charge is 0.317 e. The molecule has 368 valence electrons. The summed E-state index contributed by atoms with van der Waals surface area (Å²) in [6.07, 6.45) is 7.47. The van der Waals surface area contributed by atoms with Crippen LogP contribution >= 0.6 is 0 Å². The number of fused-ring (bicyclic) bond motifs is 9. The van der Waals surface area contributed by atoms with E-state index in [0.29, 0.717) is 67.2 Å². The highest BCUT2D eigenvalue weighted by atomic mass is 16.6. The Labute approximate surface area is 388 Å². The second-order valence-corrected chi connectivity index (χ2v) is 22.7. The van der Waals surface area contributed by atoms with Gasteiger partial charge in [-0.2, -0.15) is 0 Å². The van der Waals surface area contributed by atoms with Crippen molar-refractivity contribution < 1.29 is 68.6 Å². The first-order chi connectivity index (χ1) is 31.4. The maximum atomic E-state index is 15.0. The Morgan fingerprint density at radius 3 is 1.97 bits per heavy atom. The highest BCUT2D eigenvalue weighted by Gasteiger charge is 2.70. The molecule has 0 spiro atoms. The molecule has 8 fully saturated rings. The van der Waals surface area contributed by atoms with E-state index < -0.39 is 100.0 Å². The molecule has 7 saturated carbocycles. The van der Waals surface area contributed by atoms with E-state index in [0.717, 1.165) is 25.7 Å². The zero-order valence-electron chi connectivity index (χ0n) is 40.0. The first-order valence-electron chi connectivity index (χ1n) is 25.2. The number of aliphatic hydroxyl groups is 2. The Hall–Kier alpha value is -3.85. The van der Waals surface area contributed by atoms with Crippen LogP contribution in [0.1, 0.15) is 148 Å². The maximum absolute atomic E-state index is 15.0. The van der Waals surface area contributed by atoms with Gasteiger partial charge in [0.15, 0.2) is 0 Å². The summed E-state index contributed by atoms with van der Waals surface area (Å²) >= 11 is 0. The van der Waals surface area contributed by atoms with Gasteiger partial charge < -0.3 is 44.6 Å². The van der Waals surface area contributed by atoms with Crippen molar-refractivity contribution >= 4 is 29.8 Å². The Balaban J connectivity index is 1.28. The van der Waals surface area contributed by atoms with Crippen molar-refractivity contribution in [2.75, 3.05) is 26.4 Å². The fraction of sp³-hybridized carbons (Fsp3) is 0.824. The van der Waals surface area contributed by atoms with E-state index in [2.05, 4.69) is 6.92 Å². The number of carbonyl (C=O) groups is 5. The zero-order chi connectivity index (χ0) is 47.7. The van der Waals surface area contributed by atoms with Gasteiger partial charge in [-0.15, -0.1) is 4.73 Å². The highest BCUT2D eigenvalue weighted by Crippen LogP contribution is 2.70. The fourth-order valence-corrected chi connectivity index (χ4v) is 15.9. The van der Waals surface area contributed by atoms with Crippen molar-refractivity contribution in [2.24, 2.45) is 94.2 Å². The summed E-state index contributed by atoms with van der Waals surface area (Å²) in [5.41, 5.74) is -0.769. The van der Waals surface area contributed by atoms with E-state index in [1.807, 2.05) is 34.6 Å². The summed E-state index contributed by atoms with van der Waals surface area (Å²) in [5.74, 6) is -13.1.